The minimum absolute atomic E-state index is 0.0149. The fourth-order valence-corrected chi connectivity index (χ4v) is 3.08. The number of hydrogen-bond acceptors (Lipinski definition) is 6. The molecule has 2 aliphatic rings. The van der Waals surface area contributed by atoms with Gasteiger partial charge in [-0.1, -0.05) is 35.0 Å². The molecule has 0 saturated carbocycles. The van der Waals surface area contributed by atoms with Crippen molar-refractivity contribution in [3.05, 3.63) is 59.7 Å². The topological polar surface area (TPSA) is 96.3 Å². The lowest BCUT2D eigenvalue weighted by Gasteiger charge is -2.15. The first-order valence-corrected chi connectivity index (χ1v) is 7.99. The molecule has 7 nitrogen and oxygen atoms in total. The zero-order valence-electron chi connectivity index (χ0n) is 13.7. The summed E-state index contributed by atoms with van der Waals surface area (Å²) in [5, 5.41) is 13.1. The third-order valence-electron chi connectivity index (χ3n) is 4.47. The highest BCUT2D eigenvalue weighted by Gasteiger charge is 2.57. The van der Waals surface area contributed by atoms with Gasteiger partial charge in [-0.25, -0.2) is 4.90 Å². The maximum atomic E-state index is 12.8. The number of aryl methyl sites for hydroxylation is 1. The summed E-state index contributed by atoms with van der Waals surface area (Å²) in [6, 6.07) is 12.5. The summed E-state index contributed by atoms with van der Waals surface area (Å²) in [5.41, 5.74) is 1.60. The molecular weight excluding hydrogens is 336 g/mol. The Bertz CT molecular complexity index is 947. The van der Waals surface area contributed by atoms with Crippen molar-refractivity contribution in [2.45, 2.75) is 13.0 Å². The molecular formula is C19H14N2O5. The van der Waals surface area contributed by atoms with Crippen LogP contribution in [0.25, 0.3) is 0 Å². The van der Waals surface area contributed by atoms with Crippen LogP contribution in [-0.4, -0.2) is 34.5 Å². The van der Waals surface area contributed by atoms with E-state index in [1.807, 2.05) is 6.92 Å². The Balaban J connectivity index is 1.65. The van der Waals surface area contributed by atoms with E-state index >= 15 is 0 Å². The number of hydrogen-bond donors (Lipinski definition) is 1. The first kappa shape index (κ1) is 16.0. The van der Waals surface area contributed by atoms with Gasteiger partial charge in [0.2, 0.25) is 17.8 Å². The van der Waals surface area contributed by atoms with E-state index in [1.54, 1.807) is 24.3 Å². The van der Waals surface area contributed by atoms with Gasteiger partial charge in [0.1, 0.15) is 17.4 Å². The third kappa shape index (κ3) is 2.36. The molecule has 2 heterocycles. The van der Waals surface area contributed by atoms with Crippen molar-refractivity contribution in [2.75, 3.05) is 4.90 Å². The molecule has 0 aliphatic carbocycles. The van der Waals surface area contributed by atoms with Crippen molar-refractivity contribution >= 4 is 29.0 Å². The number of amides is 2. The van der Waals surface area contributed by atoms with Crippen molar-refractivity contribution in [3.63, 3.8) is 0 Å². The minimum Gasteiger partial charge on any atom is -0.508 e. The van der Waals surface area contributed by atoms with Gasteiger partial charge >= 0.3 is 0 Å². The van der Waals surface area contributed by atoms with E-state index in [2.05, 4.69) is 5.16 Å². The number of oxime groups is 1. The second-order valence-corrected chi connectivity index (χ2v) is 6.20. The molecule has 130 valence electrons. The second kappa shape index (κ2) is 5.80. The first-order chi connectivity index (χ1) is 12.5. The summed E-state index contributed by atoms with van der Waals surface area (Å²) in [6.07, 6.45) is -1.14. The van der Waals surface area contributed by atoms with Gasteiger partial charge in [-0.3, -0.25) is 14.4 Å². The molecule has 2 amide bonds. The average Bonchev–Trinajstić information content (AvgIpc) is 3.17. The number of imide groups is 1. The fourth-order valence-electron chi connectivity index (χ4n) is 3.08. The maximum absolute atomic E-state index is 12.8. The van der Waals surface area contributed by atoms with Crippen LogP contribution >= 0.6 is 0 Å². The van der Waals surface area contributed by atoms with Crippen LogP contribution in [0, 0.1) is 12.8 Å². The number of aromatic hydroxyl groups is 1. The molecule has 2 atom stereocenters. The summed E-state index contributed by atoms with van der Waals surface area (Å²) in [4.78, 5) is 44.2. The number of fused-ring (bicyclic) bond motifs is 1. The molecule has 1 N–H and O–H groups in total. The van der Waals surface area contributed by atoms with Crippen LogP contribution in [0.4, 0.5) is 5.69 Å². The lowest BCUT2D eigenvalue weighted by atomic mass is 9.93. The standard InChI is InChI=1S/C19H14N2O5/c1-10-2-4-11(5-3-10)16(23)15-14-17(26-20-15)19(25)21(18(14)24)12-6-8-13(22)9-7-12/h2-9,14,17,22H,1H3/t14-,17-/m1/s1. The van der Waals surface area contributed by atoms with Gasteiger partial charge in [0.15, 0.2) is 0 Å². The predicted molar refractivity (Wildman–Crippen MR) is 91.9 cm³/mol. The summed E-state index contributed by atoms with van der Waals surface area (Å²) < 4.78 is 0. The minimum atomic E-state index is -1.14. The highest BCUT2D eigenvalue weighted by molar-refractivity contribution is 6.52. The number of carbonyl (C=O) groups excluding carboxylic acids is 3. The highest BCUT2D eigenvalue weighted by atomic mass is 16.7. The van der Waals surface area contributed by atoms with Crippen molar-refractivity contribution < 1.29 is 24.3 Å². The summed E-state index contributed by atoms with van der Waals surface area (Å²) in [5.74, 6) is -2.64. The summed E-state index contributed by atoms with van der Waals surface area (Å²) in [6.45, 7) is 1.90. The van der Waals surface area contributed by atoms with Crippen LogP contribution in [0.15, 0.2) is 53.7 Å². The molecule has 0 spiro atoms. The van der Waals surface area contributed by atoms with Gasteiger partial charge < -0.3 is 9.94 Å². The van der Waals surface area contributed by atoms with Gasteiger partial charge in [-0.15, -0.1) is 0 Å². The zero-order valence-corrected chi connectivity index (χ0v) is 13.7. The Kier molecular flexibility index (Phi) is 3.57. The fraction of sp³-hybridized carbons (Fsp3) is 0.158. The summed E-state index contributed by atoms with van der Waals surface area (Å²) >= 11 is 0. The zero-order chi connectivity index (χ0) is 18.4. The number of nitrogens with zero attached hydrogens (tertiary/aromatic N) is 2. The van der Waals surface area contributed by atoms with Gasteiger partial charge in [0.25, 0.3) is 5.91 Å². The Hall–Kier alpha value is -3.48. The molecule has 2 aromatic rings. The van der Waals surface area contributed by atoms with Gasteiger partial charge in [-0.05, 0) is 31.2 Å². The highest BCUT2D eigenvalue weighted by Crippen LogP contribution is 2.34. The number of rotatable bonds is 3. The van der Waals surface area contributed by atoms with Gasteiger partial charge in [0, 0.05) is 5.56 Å². The van der Waals surface area contributed by atoms with Crippen molar-refractivity contribution in [3.8, 4) is 5.75 Å². The van der Waals surface area contributed by atoms with E-state index in [0.717, 1.165) is 10.5 Å². The quantitative estimate of drug-likeness (QED) is 0.673. The van der Waals surface area contributed by atoms with E-state index < -0.39 is 29.6 Å². The van der Waals surface area contributed by atoms with Crippen molar-refractivity contribution in [2.24, 2.45) is 11.1 Å². The molecule has 26 heavy (non-hydrogen) atoms. The number of ketones is 1. The Morgan fingerprint density at radius 1 is 1.04 bits per heavy atom. The molecule has 0 unspecified atom stereocenters. The molecule has 0 bridgehead atoms. The molecule has 1 fully saturated rings. The average molecular weight is 350 g/mol. The predicted octanol–water partition coefficient (Wildman–Crippen LogP) is 1.83. The Labute approximate surface area is 148 Å². The van der Waals surface area contributed by atoms with E-state index in [4.69, 9.17) is 4.84 Å². The molecule has 4 rings (SSSR count). The van der Waals surface area contributed by atoms with Crippen molar-refractivity contribution in [1.82, 2.24) is 0 Å². The van der Waals surface area contributed by atoms with Gasteiger partial charge in [-0.2, -0.15) is 0 Å². The lowest BCUT2D eigenvalue weighted by Crippen LogP contribution is -2.34. The summed E-state index contributed by atoms with van der Waals surface area (Å²) in [7, 11) is 0. The first-order valence-electron chi connectivity index (χ1n) is 7.99. The molecule has 0 radical (unpaired) electrons. The van der Waals surface area contributed by atoms with E-state index in [0.29, 0.717) is 11.3 Å². The lowest BCUT2D eigenvalue weighted by molar-refractivity contribution is -0.126. The number of benzene rings is 2. The monoisotopic (exact) mass is 350 g/mol. The van der Waals surface area contributed by atoms with E-state index in [-0.39, 0.29) is 11.5 Å². The number of phenols is 1. The normalized spacial score (nSPS) is 21.4. The van der Waals surface area contributed by atoms with Crippen LogP contribution in [0.1, 0.15) is 15.9 Å². The molecule has 0 aromatic heterocycles. The number of carbonyl (C=O) groups is 3. The van der Waals surface area contributed by atoms with E-state index in [1.165, 1.54) is 24.3 Å². The SMILES string of the molecule is Cc1ccc(C(=O)C2=NO[C@H]3C(=O)N(c4ccc(O)cc4)C(=O)[C@H]23)cc1. The Morgan fingerprint density at radius 2 is 1.69 bits per heavy atom. The maximum Gasteiger partial charge on any atom is 0.278 e. The van der Waals surface area contributed by atoms with E-state index in [9.17, 15) is 19.5 Å². The van der Waals surface area contributed by atoms with Crippen LogP contribution < -0.4 is 4.90 Å². The van der Waals surface area contributed by atoms with Crippen LogP contribution in [0.5, 0.6) is 5.75 Å². The van der Waals surface area contributed by atoms with Crippen LogP contribution in [-0.2, 0) is 14.4 Å². The van der Waals surface area contributed by atoms with Crippen LogP contribution in [0.3, 0.4) is 0 Å². The smallest absolute Gasteiger partial charge is 0.278 e. The second-order valence-electron chi connectivity index (χ2n) is 6.20. The van der Waals surface area contributed by atoms with Crippen LogP contribution in [0.2, 0.25) is 0 Å². The molecule has 2 aromatic carbocycles. The number of phenolic OH excluding ortho intramolecular Hbond substituents is 1. The molecule has 1 saturated heterocycles. The number of anilines is 1. The molecule has 7 heteroatoms. The van der Waals surface area contributed by atoms with Gasteiger partial charge in [0.05, 0.1) is 5.69 Å². The van der Waals surface area contributed by atoms with Crippen molar-refractivity contribution in [1.29, 1.82) is 0 Å². The largest absolute Gasteiger partial charge is 0.508 e. The third-order valence-corrected chi connectivity index (χ3v) is 4.47. The number of Topliss-reactive ketones (excluding diaryl/α,β-unsaturated/α-hetero) is 1. The molecule has 2 aliphatic heterocycles. The Morgan fingerprint density at radius 3 is 2.35 bits per heavy atom.